The van der Waals surface area contributed by atoms with Crippen molar-refractivity contribution in [3.05, 3.63) is 247 Å². The largest absolute Gasteiger partial charge is 0.450 e. The molecule has 12 rings (SSSR count). The van der Waals surface area contributed by atoms with Gasteiger partial charge in [0.1, 0.15) is 0 Å². The van der Waals surface area contributed by atoms with Crippen LogP contribution < -0.4 is 9.47 Å². The van der Waals surface area contributed by atoms with Gasteiger partial charge in [0, 0.05) is 16.7 Å². The number of fused-ring (bicyclic) bond motifs is 5. The molecule has 0 saturated carbocycles. The van der Waals surface area contributed by atoms with E-state index in [1.807, 2.05) is 91.0 Å². The Morgan fingerprint density at radius 1 is 0.270 bits per heavy atom. The van der Waals surface area contributed by atoms with Crippen LogP contribution in [0.25, 0.3) is 67.5 Å². The average molecular weight is 808 g/mol. The number of hydrogen-bond donors (Lipinski definition) is 0. The Balaban J connectivity index is 0.926. The second-order valence-corrected chi connectivity index (χ2v) is 15.9. The van der Waals surface area contributed by atoms with Gasteiger partial charge in [-0.1, -0.05) is 188 Å². The minimum atomic E-state index is -0.598. The summed E-state index contributed by atoms with van der Waals surface area (Å²) in [5.41, 5.74) is 13.9. The van der Waals surface area contributed by atoms with Gasteiger partial charge in [0.15, 0.2) is 40.5 Å². The van der Waals surface area contributed by atoms with E-state index >= 15 is 0 Å². The van der Waals surface area contributed by atoms with Gasteiger partial charge in [-0.05, 0) is 92.0 Å². The summed E-state index contributed by atoms with van der Waals surface area (Å²) < 4.78 is 12.8. The maximum Gasteiger partial charge on any atom is 0.170 e. The van der Waals surface area contributed by atoms with Gasteiger partial charge in [0.2, 0.25) is 0 Å². The Labute approximate surface area is 365 Å². The smallest absolute Gasteiger partial charge is 0.170 e. The van der Waals surface area contributed by atoms with E-state index in [0.29, 0.717) is 40.5 Å². The first-order valence-electron chi connectivity index (χ1n) is 21.2. The van der Waals surface area contributed by atoms with Gasteiger partial charge in [0.25, 0.3) is 0 Å². The number of nitrogens with zero attached hydrogens (tertiary/aromatic N) is 3. The fraction of sp³-hybridized carbons (Fsp3) is 0.0172. The molecule has 1 aromatic heterocycles. The van der Waals surface area contributed by atoms with Crippen molar-refractivity contribution in [1.29, 1.82) is 0 Å². The minimum Gasteiger partial charge on any atom is -0.450 e. The highest BCUT2D eigenvalue weighted by Gasteiger charge is 2.46. The van der Waals surface area contributed by atoms with Gasteiger partial charge in [0.05, 0.1) is 5.41 Å². The van der Waals surface area contributed by atoms with Crippen LogP contribution in [0.4, 0.5) is 0 Å². The molecule has 63 heavy (non-hydrogen) atoms. The second-order valence-electron chi connectivity index (χ2n) is 15.9. The van der Waals surface area contributed by atoms with Crippen molar-refractivity contribution < 1.29 is 9.47 Å². The Morgan fingerprint density at radius 3 is 1.27 bits per heavy atom. The summed E-state index contributed by atoms with van der Waals surface area (Å²) in [6.45, 7) is 0. The molecule has 296 valence electrons. The van der Waals surface area contributed by atoms with Crippen LogP contribution in [0.1, 0.15) is 22.3 Å². The molecule has 9 aromatic carbocycles. The molecule has 0 saturated heterocycles. The van der Waals surface area contributed by atoms with E-state index in [2.05, 4.69) is 133 Å². The van der Waals surface area contributed by atoms with Crippen molar-refractivity contribution in [2.24, 2.45) is 0 Å². The van der Waals surface area contributed by atoms with Crippen LogP contribution in [0.3, 0.4) is 0 Å². The van der Waals surface area contributed by atoms with Gasteiger partial charge in [-0.3, -0.25) is 0 Å². The van der Waals surface area contributed by atoms with Crippen molar-refractivity contribution in [2.45, 2.75) is 5.41 Å². The molecule has 0 spiro atoms. The topological polar surface area (TPSA) is 57.1 Å². The monoisotopic (exact) mass is 807 g/mol. The normalized spacial score (nSPS) is 12.8. The summed E-state index contributed by atoms with van der Waals surface area (Å²) in [4.78, 5) is 14.9. The molecule has 0 radical (unpaired) electrons. The third-order valence-corrected chi connectivity index (χ3v) is 12.3. The molecule has 2 aliphatic rings. The van der Waals surface area contributed by atoms with Crippen LogP contribution in [0.2, 0.25) is 0 Å². The van der Waals surface area contributed by atoms with Crippen LogP contribution in [-0.2, 0) is 5.41 Å². The first-order valence-corrected chi connectivity index (χ1v) is 21.2. The fourth-order valence-electron chi connectivity index (χ4n) is 9.35. The SMILES string of the molecule is c1ccc(-c2nc(-c3ccccc3)nc(-c3cccc(-c4cccc(-c5ccc(C6(c7ccc8c(c7)Oc7ccccc7O8)c7ccccc7-c7ccccc76)cc5)c4)c3)n2)cc1. The summed E-state index contributed by atoms with van der Waals surface area (Å²) >= 11 is 0. The highest BCUT2D eigenvalue weighted by molar-refractivity contribution is 5.87. The van der Waals surface area contributed by atoms with E-state index in [4.69, 9.17) is 24.4 Å². The Morgan fingerprint density at radius 2 is 0.683 bits per heavy atom. The molecule has 10 aromatic rings. The highest BCUT2D eigenvalue weighted by atomic mass is 16.6. The number of para-hydroxylation sites is 2. The minimum absolute atomic E-state index is 0.598. The molecule has 0 unspecified atom stereocenters. The van der Waals surface area contributed by atoms with Crippen LogP contribution in [0, 0.1) is 0 Å². The van der Waals surface area contributed by atoms with Crippen molar-refractivity contribution in [3.8, 4) is 90.5 Å². The highest BCUT2D eigenvalue weighted by Crippen LogP contribution is 2.58. The molecule has 5 nitrogen and oxygen atoms in total. The summed E-state index contributed by atoms with van der Waals surface area (Å²) in [6, 6.07) is 78.3. The van der Waals surface area contributed by atoms with E-state index in [1.54, 1.807) is 0 Å². The van der Waals surface area contributed by atoms with Crippen LogP contribution in [0.5, 0.6) is 23.0 Å². The summed E-state index contributed by atoms with van der Waals surface area (Å²) in [5.74, 6) is 4.74. The molecule has 0 bridgehead atoms. The predicted molar refractivity (Wildman–Crippen MR) is 251 cm³/mol. The van der Waals surface area contributed by atoms with Crippen molar-refractivity contribution in [3.63, 3.8) is 0 Å². The number of benzene rings is 9. The lowest BCUT2D eigenvalue weighted by molar-refractivity contribution is 0.359. The lowest BCUT2D eigenvalue weighted by Crippen LogP contribution is -2.28. The quantitative estimate of drug-likeness (QED) is 0.161. The van der Waals surface area contributed by atoms with E-state index in [0.717, 1.165) is 44.5 Å². The maximum atomic E-state index is 6.50. The van der Waals surface area contributed by atoms with Gasteiger partial charge in [-0.15, -0.1) is 0 Å². The summed E-state index contributed by atoms with van der Waals surface area (Å²) in [5, 5.41) is 0. The molecule has 0 N–H and O–H groups in total. The first-order chi connectivity index (χ1) is 31.2. The molecule has 0 fully saturated rings. The van der Waals surface area contributed by atoms with E-state index < -0.39 is 5.41 Å². The fourth-order valence-corrected chi connectivity index (χ4v) is 9.35. The van der Waals surface area contributed by atoms with E-state index in [-0.39, 0.29) is 0 Å². The lowest BCUT2D eigenvalue weighted by Gasteiger charge is -2.34. The van der Waals surface area contributed by atoms with Gasteiger partial charge >= 0.3 is 0 Å². The van der Waals surface area contributed by atoms with Crippen LogP contribution in [0.15, 0.2) is 224 Å². The van der Waals surface area contributed by atoms with Crippen molar-refractivity contribution in [1.82, 2.24) is 15.0 Å². The van der Waals surface area contributed by atoms with Gasteiger partial charge < -0.3 is 9.47 Å². The Kier molecular flexibility index (Phi) is 8.64. The molecule has 1 aliphatic heterocycles. The number of aromatic nitrogens is 3. The zero-order valence-electron chi connectivity index (χ0n) is 34.0. The van der Waals surface area contributed by atoms with E-state index in [1.165, 1.54) is 27.8 Å². The zero-order valence-corrected chi connectivity index (χ0v) is 34.0. The summed E-state index contributed by atoms with van der Waals surface area (Å²) in [7, 11) is 0. The molecule has 0 amide bonds. The predicted octanol–water partition coefficient (Wildman–Crippen LogP) is 14.5. The third-order valence-electron chi connectivity index (χ3n) is 12.3. The van der Waals surface area contributed by atoms with Crippen molar-refractivity contribution in [2.75, 3.05) is 0 Å². The summed E-state index contributed by atoms with van der Waals surface area (Å²) in [6.07, 6.45) is 0. The lowest BCUT2D eigenvalue weighted by atomic mass is 9.67. The molecular formula is C58H37N3O2. The number of ether oxygens (including phenoxy) is 2. The molecule has 2 heterocycles. The van der Waals surface area contributed by atoms with Crippen molar-refractivity contribution >= 4 is 0 Å². The van der Waals surface area contributed by atoms with Gasteiger partial charge in [-0.2, -0.15) is 0 Å². The van der Waals surface area contributed by atoms with Gasteiger partial charge in [-0.25, -0.2) is 15.0 Å². The van der Waals surface area contributed by atoms with Crippen LogP contribution in [-0.4, -0.2) is 15.0 Å². The number of hydrogen-bond acceptors (Lipinski definition) is 5. The zero-order chi connectivity index (χ0) is 41.7. The molecular weight excluding hydrogens is 771 g/mol. The van der Waals surface area contributed by atoms with E-state index in [9.17, 15) is 0 Å². The molecule has 1 aliphatic carbocycles. The first kappa shape index (κ1) is 36.4. The Hall–Kier alpha value is -8.41. The Bertz CT molecular complexity index is 3240. The third kappa shape index (κ3) is 6.21. The molecule has 5 heteroatoms. The molecule has 0 atom stereocenters. The standard InChI is InChI=1S/C58H37N3O2/c1-3-15-39(16-4-1)55-59-56(40-17-5-2-6-18-40)61-57(60-55)44-22-14-21-43(36-44)42-20-13-19-41(35-42)38-29-31-45(32-30-38)58(49-25-9-7-23-47(49)48-24-8-10-26-50(48)58)46-33-34-53-54(37-46)63-52-28-12-11-27-51(52)62-53/h1-37H. The maximum absolute atomic E-state index is 6.50. The average Bonchev–Trinajstić information content (AvgIpc) is 3.67. The van der Waals surface area contributed by atoms with Crippen LogP contribution >= 0.6 is 0 Å². The number of rotatable bonds is 7. The second kappa shape index (κ2) is 14.9.